The maximum atomic E-state index is 6.47. The van der Waals surface area contributed by atoms with Crippen molar-refractivity contribution >= 4 is 29.2 Å². The number of nitrogens with zero attached hydrogens (tertiary/aromatic N) is 4. The Kier molecular flexibility index (Phi) is 7.55. The summed E-state index contributed by atoms with van der Waals surface area (Å²) in [7, 11) is 1.60. The number of nitrogens with one attached hydrogen (secondary N) is 1. The predicted octanol–water partition coefficient (Wildman–Crippen LogP) is 4.98. The fourth-order valence-corrected chi connectivity index (χ4v) is 3.17. The second-order valence-corrected chi connectivity index (χ2v) is 7.29. The Balaban J connectivity index is 1.68. The number of tetrazole rings is 1. The van der Waals surface area contributed by atoms with Gasteiger partial charge in [0.15, 0.2) is 11.5 Å². The zero-order valence-electron chi connectivity index (χ0n) is 16.4. The molecular formula is C20H23Cl2N5O2. The van der Waals surface area contributed by atoms with Crippen LogP contribution in [-0.4, -0.2) is 27.3 Å². The van der Waals surface area contributed by atoms with Crippen molar-refractivity contribution in [3.8, 4) is 11.5 Å². The number of aromatic nitrogens is 4. The van der Waals surface area contributed by atoms with Gasteiger partial charge < -0.3 is 14.8 Å². The van der Waals surface area contributed by atoms with Crippen LogP contribution in [-0.2, 0) is 19.7 Å². The number of unbranched alkanes of at least 4 members (excludes halogenated alkanes) is 1. The van der Waals surface area contributed by atoms with E-state index in [1.807, 2.05) is 30.3 Å². The lowest BCUT2D eigenvalue weighted by Gasteiger charge is -2.14. The quantitative estimate of drug-likeness (QED) is 0.483. The topological polar surface area (TPSA) is 74.1 Å². The van der Waals surface area contributed by atoms with Gasteiger partial charge in [0.05, 0.1) is 7.11 Å². The Labute approximate surface area is 179 Å². The number of methoxy groups -OCH3 is 1. The van der Waals surface area contributed by atoms with E-state index in [1.165, 1.54) is 0 Å². The second kappa shape index (κ2) is 10.3. The molecule has 0 spiro atoms. The molecule has 0 fully saturated rings. The van der Waals surface area contributed by atoms with E-state index in [0.717, 1.165) is 30.5 Å². The number of hydrogen-bond donors (Lipinski definition) is 1. The number of aryl methyl sites for hydroxylation is 1. The number of anilines is 1. The number of ether oxygens (including phenoxy) is 2. The molecule has 0 bridgehead atoms. The molecular weight excluding hydrogens is 413 g/mol. The summed E-state index contributed by atoms with van der Waals surface area (Å²) in [5, 5.41) is 16.2. The van der Waals surface area contributed by atoms with E-state index in [2.05, 4.69) is 27.8 Å². The van der Waals surface area contributed by atoms with Crippen molar-refractivity contribution in [3.05, 3.63) is 57.6 Å². The fourth-order valence-electron chi connectivity index (χ4n) is 2.74. The van der Waals surface area contributed by atoms with Crippen molar-refractivity contribution in [1.29, 1.82) is 0 Å². The lowest BCUT2D eigenvalue weighted by molar-refractivity contribution is 0.284. The van der Waals surface area contributed by atoms with Crippen LogP contribution in [0.4, 0.5) is 5.95 Å². The van der Waals surface area contributed by atoms with Gasteiger partial charge in [-0.05, 0) is 46.2 Å². The molecule has 0 saturated heterocycles. The lowest BCUT2D eigenvalue weighted by atomic mass is 10.2. The number of benzene rings is 2. The minimum atomic E-state index is 0.358. The van der Waals surface area contributed by atoms with Gasteiger partial charge in [-0.3, -0.25) is 0 Å². The minimum Gasteiger partial charge on any atom is -0.493 e. The van der Waals surface area contributed by atoms with Crippen molar-refractivity contribution in [2.24, 2.45) is 0 Å². The van der Waals surface area contributed by atoms with Gasteiger partial charge in [-0.1, -0.05) is 53.8 Å². The lowest BCUT2D eigenvalue weighted by Crippen LogP contribution is -2.09. The molecule has 9 heteroatoms. The molecule has 2 aromatic carbocycles. The van der Waals surface area contributed by atoms with E-state index in [-0.39, 0.29) is 0 Å². The van der Waals surface area contributed by atoms with Gasteiger partial charge in [-0.25, -0.2) is 4.68 Å². The average molecular weight is 436 g/mol. The summed E-state index contributed by atoms with van der Waals surface area (Å²) in [4.78, 5) is 0. The minimum absolute atomic E-state index is 0.358. The first-order valence-corrected chi connectivity index (χ1v) is 10.1. The monoisotopic (exact) mass is 435 g/mol. The highest BCUT2D eigenvalue weighted by Gasteiger charge is 2.13. The van der Waals surface area contributed by atoms with Crippen LogP contribution in [0.15, 0.2) is 36.4 Å². The molecule has 3 rings (SSSR count). The van der Waals surface area contributed by atoms with Gasteiger partial charge in [-0.2, -0.15) is 0 Å². The molecule has 0 atom stereocenters. The van der Waals surface area contributed by atoms with Crippen molar-refractivity contribution < 1.29 is 9.47 Å². The van der Waals surface area contributed by atoms with Crippen LogP contribution < -0.4 is 14.8 Å². The van der Waals surface area contributed by atoms with Crippen molar-refractivity contribution in [3.63, 3.8) is 0 Å². The maximum Gasteiger partial charge on any atom is 0.243 e. The maximum absolute atomic E-state index is 6.47. The van der Waals surface area contributed by atoms with Crippen molar-refractivity contribution in [2.45, 2.75) is 39.5 Å². The first-order valence-electron chi connectivity index (χ1n) is 9.34. The van der Waals surface area contributed by atoms with E-state index in [9.17, 15) is 0 Å². The highest BCUT2D eigenvalue weighted by atomic mass is 35.5. The molecule has 0 amide bonds. The molecule has 7 nitrogen and oxygen atoms in total. The third-order valence-electron chi connectivity index (χ3n) is 4.31. The van der Waals surface area contributed by atoms with Gasteiger partial charge in [0, 0.05) is 29.2 Å². The zero-order chi connectivity index (χ0) is 20.6. The molecule has 29 heavy (non-hydrogen) atoms. The molecule has 1 aromatic heterocycles. The van der Waals surface area contributed by atoms with E-state index >= 15 is 0 Å². The van der Waals surface area contributed by atoms with E-state index in [4.69, 9.17) is 32.7 Å². The summed E-state index contributed by atoms with van der Waals surface area (Å²) in [5.41, 5.74) is 1.81. The molecule has 0 aliphatic carbocycles. The van der Waals surface area contributed by atoms with Gasteiger partial charge in [-0.15, -0.1) is 0 Å². The van der Waals surface area contributed by atoms with E-state index in [0.29, 0.717) is 40.6 Å². The summed E-state index contributed by atoms with van der Waals surface area (Å²) >= 11 is 12.5. The molecule has 1 heterocycles. The molecule has 3 aromatic rings. The summed E-state index contributed by atoms with van der Waals surface area (Å²) < 4.78 is 13.1. The Bertz CT molecular complexity index is 948. The highest BCUT2D eigenvalue weighted by molar-refractivity contribution is 6.31. The molecule has 0 aliphatic heterocycles. The van der Waals surface area contributed by atoms with Gasteiger partial charge in [0.2, 0.25) is 5.95 Å². The number of halogens is 2. The van der Waals surface area contributed by atoms with E-state index in [1.54, 1.807) is 17.9 Å². The molecule has 1 N–H and O–H groups in total. The van der Waals surface area contributed by atoms with Gasteiger partial charge in [0.1, 0.15) is 6.61 Å². The SMILES string of the molecule is CCCCn1nnnc1NCc1cc(OC)c(OCc2cccc(Cl)c2)cc1Cl. The van der Waals surface area contributed by atoms with Crippen molar-refractivity contribution in [2.75, 3.05) is 12.4 Å². The molecule has 0 unspecified atom stereocenters. The second-order valence-electron chi connectivity index (χ2n) is 6.45. The van der Waals surface area contributed by atoms with Crippen LogP contribution in [0.5, 0.6) is 11.5 Å². The van der Waals surface area contributed by atoms with Crippen molar-refractivity contribution in [1.82, 2.24) is 20.2 Å². The Hall–Kier alpha value is -2.51. The molecule has 154 valence electrons. The summed E-state index contributed by atoms with van der Waals surface area (Å²) in [6.07, 6.45) is 2.08. The summed E-state index contributed by atoms with van der Waals surface area (Å²) in [5.74, 6) is 1.77. The highest BCUT2D eigenvalue weighted by Crippen LogP contribution is 2.34. The summed E-state index contributed by atoms with van der Waals surface area (Å²) in [6.45, 7) is 3.70. The van der Waals surface area contributed by atoms with Crippen LogP contribution >= 0.6 is 23.2 Å². The Morgan fingerprint density at radius 1 is 1.14 bits per heavy atom. The number of hydrogen-bond acceptors (Lipinski definition) is 6. The standard InChI is InChI=1S/C20H23Cl2N5O2/c1-3-4-8-27-20(24-25-26-27)23-12-15-10-18(28-2)19(11-17(15)22)29-13-14-6-5-7-16(21)9-14/h5-7,9-11H,3-4,8,12-13H2,1-2H3,(H,23,24,26). The molecule has 0 radical (unpaired) electrons. The van der Waals surface area contributed by atoms with Gasteiger partial charge in [0.25, 0.3) is 0 Å². The average Bonchev–Trinajstić information content (AvgIpc) is 3.17. The normalized spacial score (nSPS) is 10.8. The predicted molar refractivity (Wildman–Crippen MR) is 114 cm³/mol. The molecule has 0 aliphatic rings. The third kappa shape index (κ3) is 5.74. The summed E-state index contributed by atoms with van der Waals surface area (Å²) in [6, 6.07) is 11.1. The van der Waals surface area contributed by atoms with Crippen LogP contribution in [0.2, 0.25) is 10.0 Å². The third-order valence-corrected chi connectivity index (χ3v) is 4.90. The van der Waals surface area contributed by atoms with Crippen LogP contribution in [0.3, 0.4) is 0 Å². The first-order chi connectivity index (χ1) is 14.1. The Morgan fingerprint density at radius 2 is 2.00 bits per heavy atom. The van der Waals surface area contributed by atoms with Gasteiger partial charge >= 0.3 is 0 Å². The fraction of sp³-hybridized carbons (Fsp3) is 0.350. The zero-order valence-corrected chi connectivity index (χ0v) is 17.9. The smallest absolute Gasteiger partial charge is 0.243 e. The van der Waals surface area contributed by atoms with Crippen LogP contribution in [0.25, 0.3) is 0 Å². The van der Waals surface area contributed by atoms with E-state index < -0.39 is 0 Å². The first kappa shape index (κ1) is 21.2. The van der Waals surface area contributed by atoms with Crippen LogP contribution in [0.1, 0.15) is 30.9 Å². The number of rotatable bonds is 10. The van der Waals surface area contributed by atoms with Crippen LogP contribution in [0, 0.1) is 0 Å². The Morgan fingerprint density at radius 3 is 2.76 bits per heavy atom. The molecule has 0 saturated carbocycles. The largest absolute Gasteiger partial charge is 0.493 e.